The van der Waals surface area contributed by atoms with Gasteiger partial charge in [0.1, 0.15) is 11.9 Å². The van der Waals surface area contributed by atoms with Crippen LogP contribution in [0.15, 0.2) is 48.7 Å². The number of anilines is 1. The van der Waals surface area contributed by atoms with Gasteiger partial charge in [-0.05, 0) is 17.7 Å². The highest BCUT2D eigenvalue weighted by atomic mass is 16.5. The number of aromatic nitrogens is 1. The number of carbonyl (C=O) groups is 1. The van der Waals surface area contributed by atoms with Crippen LogP contribution in [0.1, 0.15) is 22.0 Å². The second-order valence-corrected chi connectivity index (χ2v) is 4.99. The van der Waals surface area contributed by atoms with Gasteiger partial charge in [0.25, 0.3) is 0 Å². The molecule has 5 nitrogen and oxygen atoms in total. The molecule has 21 heavy (non-hydrogen) atoms. The van der Waals surface area contributed by atoms with Crippen LogP contribution in [0.3, 0.4) is 0 Å². The van der Waals surface area contributed by atoms with Crippen LogP contribution in [-0.2, 0) is 4.74 Å². The maximum absolute atomic E-state index is 11.1. The van der Waals surface area contributed by atoms with Gasteiger partial charge in [-0.25, -0.2) is 4.98 Å². The van der Waals surface area contributed by atoms with Crippen molar-refractivity contribution in [2.75, 3.05) is 24.6 Å². The molecule has 1 aromatic carbocycles. The quantitative estimate of drug-likeness (QED) is 0.932. The van der Waals surface area contributed by atoms with Crippen LogP contribution in [0.4, 0.5) is 5.82 Å². The molecule has 2 aromatic rings. The minimum atomic E-state index is -0.460. The number of rotatable bonds is 3. The van der Waals surface area contributed by atoms with Crippen molar-refractivity contribution in [3.05, 3.63) is 59.8 Å². The summed E-state index contributed by atoms with van der Waals surface area (Å²) < 4.78 is 5.83. The van der Waals surface area contributed by atoms with Crippen molar-refractivity contribution in [1.29, 1.82) is 0 Å². The molecule has 3 rings (SSSR count). The fraction of sp³-hybridized carbons (Fsp3) is 0.250. The summed E-state index contributed by atoms with van der Waals surface area (Å²) >= 11 is 0. The van der Waals surface area contributed by atoms with Crippen LogP contribution in [0.25, 0.3) is 0 Å². The van der Waals surface area contributed by atoms with Crippen LogP contribution in [-0.4, -0.2) is 30.6 Å². The lowest BCUT2D eigenvalue weighted by molar-refractivity contribution is 0.0395. The highest BCUT2D eigenvalue weighted by Crippen LogP contribution is 2.24. The summed E-state index contributed by atoms with van der Waals surface area (Å²) in [6.45, 7) is 2.18. The Morgan fingerprint density at radius 1 is 1.24 bits per heavy atom. The lowest BCUT2D eigenvalue weighted by Gasteiger charge is -2.34. The summed E-state index contributed by atoms with van der Waals surface area (Å²) in [7, 11) is 0. The monoisotopic (exact) mass is 283 g/mol. The van der Waals surface area contributed by atoms with E-state index in [9.17, 15) is 4.79 Å². The van der Waals surface area contributed by atoms with Crippen molar-refractivity contribution in [3.63, 3.8) is 0 Å². The third kappa shape index (κ3) is 3.03. The second kappa shape index (κ2) is 5.93. The van der Waals surface area contributed by atoms with Gasteiger partial charge < -0.3 is 15.4 Å². The molecular weight excluding hydrogens is 266 g/mol. The van der Waals surface area contributed by atoms with Crippen LogP contribution in [0, 0.1) is 0 Å². The van der Waals surface area contributed by atoms with E-state index in [1.54, 1.807) is 6.07 Å². The highest BCUT2D eigenvalue weighted by molar-refractivity contribution is 5.92. The molecule has 0 saturated carbocycles. The minimum Gasteiger partial charge on any atom is -0.370 e. The lowest BCUT2D eigenvalue weighted by atomic mass is 10.1. The van der Waals surface area contributed by atoms with Crippen molar-refractivity contribution >= 4 is 11.7 Å². The van der Waals surface area contributed by atoms with Gasteiger partial charge in [-0.15, -0.1) is 0 Å². The van der Waals surface area contributed by atoms with Crippen LogP contribution >= 0.6 is 0 Å². The number of hydrogen-bond acceptors (Lipinski definition) is 4. The summed E-state index contributed by atoms with van der Waals surface area (Å²) in [5, 5.41) is 0. The molecule has 0 bridgehead atoms. The number of nitrogens with zero attached hydrogens (tertiary/aromatic N) is 2. The molecule has 1 saturated heterocycles. The predicted octanol–water partition coefficient (Wildman–Crippen LogP) is 1.76. The molecule has 1 fully saturated rings. The van der Waals surface area contributed by atoms with Gasteiger partial charge >= 0.3 is 0 Å². The van der Waals surface area contributed by atoms with E-state index in [4.69, 9.17) is 10.5 Å². The Morgan fingerprint density at radius 3 is 2.71 bits per heavy atom. The zero-order valence-corrected chi connectivity index (χ0v) is 11.6. The fourth-order valence-corrected chi connectivity index (χ4v) is 2.45. The molecule has 1 aromatic heterocycles. The van der Waals surface area contributed by atoms with E-state index in [0.29, 0.717) is 12.2 Å². The van der Waals surface area contributed by atoms with Gasteiger partial charge in [-0.2, -0.15) is 0 Å². The Hall–Kier alpha value is -2.40. The Morgan fingerprint density at radius 2 is 2.05 bits per heavy atom. The van der Waals surface area contributed by atoms with Gasteiger partial charge in [0.15, 0.2) is 0 Å². The van der Waals surface area contributed by atoms with E-state index in [0.717, 1.165) is 24.5 Å². The minimum absolute atomic E-state index is 0.0394. The molecule has 108 valence electrons. The van der Waals surface area contributed by atoms with Crippen molar-refractivity contribution in [2.24, 2.45) is 5.73 Å². The summed E-state index contributed by atoms with van der Waals surface area (Å²) in [5.41, 5.74) is 6.81. The van der Waals surface area contributed by atoms with E-state index in [2.05, 4.69) is 22.0 Å². The Labute approximate surface area is 123 Å². The van der Waals surface area contributed by atoms with E-state index in [1.807, 2.05) is 24.3 Å². The maximum Gasteiger partial charge on any atom is 0.250 e. The summed E-state index contributed by atoms with van der Waals surface area (Å²) in [5.74, 6) is 0.377. The van der Waals surface area contributed by atoms with Crippen LogP contribution < -0.4 is 10.6 Å². The first-order valence-electron chi connectivity index (χ1n) is 6.91. The van der Waals surface area contributed by atoms with Crippen molar-refractivity contribution in [2.45, 2.75) is 6.10 Å². The average Bonchev–Trinajstić information content (AvgIpc) is 2.56. The Bertz CT molecular complexity index is 613. The smallest absolute Gasteiger partial charge is 0.250 e. The molecule has 0 aliphatic carbocycles. The van der Waals surface area contributed by atoms with Gasteiger partial charge in [0, 0.05) is 19.3 Å². The first-order chi connectivity index (χ1) is 10.2. The predicted molar refractivity (Wildman–Crippen MR) is 80.1 cm³/mol. The van der Waals surface area contributed by atoms with Gasteiger partial charge in [-0.1, -0.05) is 30.3 Å². The van der Waals surface area contributed by atoms with Crippen LogP contribution in [0.5, 0.6) is 0 Å². The molecule has 0 radical (unpaired) electrons. The molecule has 0 spiro atoms. The topological polar surface area (TPSA) is 68.5 Å². The first kappa shape index (κ1) is 13.6. The third-order valence-corrected chi connectivity index (χ3v) is 3.59. The lowest BCUT2D eigenvalue weighted by Crippen LogP contribution is -2.38. The molecule has 1 atom stereocenters. The maximum atomic E-state index is 11.1. The number of hydrogen-bond donors (Lipinski definition) is 1. The highest BCUT2D eigenvalue weighted by Gasteiger charge is 2.22. The molecule has 2 N–H and O–H groups in total. The summed E-state index contributed by atoms with van der Waals surface area (Å²) in [6, 6.07) is 13.7. The third-order valence-electron chi connectivity index (χ3n) is 3.59. The van der Waals surface area contributed by atoms with Crippen LogP contribution in [0.2, 0.25) is 0 Å². The number of amides is 1. The zero-order valence-electron chi connectivity index (χ0n) is 11.6. The normalized spacial score (nSPS) is 18.5. The molecule has 2 heterocycles. The molecule has 0 unspecified atom stereocenters. The molecule has 1 aliphatic rings. The fourth-order valence-electron chi connectivity index (χ4n) is 2.45. The van der Waals surface area contributed by atoms with Crippen molar-refractivity contribution in [3.8, 4) is 0 Å². The van der Waals surface area contributed by atoms with Gasteiger partial charge in [-0.3, -0.25) is 4.79 Å². The van der Waals surface area contributed by atoms with Gasteiger partial charge in [0.2, 0.25) is 5.91 Å². The van der Waals surface area contributed by atoms with Crippen molar-refractivity contribution in [1.82, 2.24) is 4.98 Å². The molecular formula is C16H17N3O2. The zero-order chi connectivity index (χ0) is 14.7. The number of nitrogens with two attached hydrogens (primary N) is 1. The molecule has 1 aliphatic heterocycles. The summed E-state index contributed by atoms with van der Waals surface area (Å²) in [6.07, 6.45) is 1.56. The number of ether oxygens (including phenoxy) is 1. The Kier molecular flexibility index (Phi) is 3.83. The SMILES string of the molecule is NC(=O)c1ccc(N2CCO[C@@H](c3ccccc3)C2)nc1. The average molecular weight is 283 g/mol. The first-order valence-corrected chi connectivity index (χ1v) is 6.91. The number of pyridine rings is 1. The van der Waals surface area contributed by atoms with E-state index < -0.39 is 5.91 Å². The van der Waals surface area contributed by atoms with E-state index in [1.165, 1.54) is 6.20 Å². The van der Waals surface area contributed by atoms with Crippen molar-refractivity contribution < 1.29 is 9.53 Å². The molecule has 5 heteroatoms. The summed E-state index contributed by atoms with van der Waals surface area (Å²) in [4.78, 5) is 17.6. The number of primary amides is 1. The standard InChI is InChI=1S/C16H17N3O2/c17-16(20)13-6-7-15(18-10-13)19-8-9-21-14(11-19)12-4-2-1-3-5-12/h1-7,10,14H,8-9,11H2,(H2,17,20)/t14-/m1/s1. The molecule has 1 amide bonds. The van der Waals surface area contributed by atoms with E-state index >= 15 is 0 Å². The van der Waals surface area contributed by atoms with Gasteiger partial charge in [0.05, 0.1) is 12.2 Å². The Balaban J connectivity index is 1.75. The number of carbonyl (C=O) groups excluding carboxylic acids is 1. The second-order valence-electron chi connectivity index (χ2n) is 4.99. The van der Waals surface area contributed by atoms with E-state index in [-0.39, 0.29) is 6.10 Å². The number of benzene rings is 1. The number of morpholine rings is 1. The largest absolute Gasteiger partial charge is 0.370 e.